The van der Waals surface area contributed by atoms with Crippen molar-refractivity contribution in [2.75, 3.05) is 11.9 Å². The highest BCUT2D eigenvalue weighted by molar-refractivity contribution is 6.23. The maximum atomic E-state index is 11.8. The largest absolute Gasteiger partial charge is 0.508 e. The minimum atomic E-state index is -0.374. The number of fused-ring (bicyclic) bond motifs is 1. The molecule has 21 heavy (non-hydrogen) atoms. The van der Waals surface area contributed by atoms with Gasteiger partial charge in [0.15, 0.2) is 0 Å². The van der Waals surface area contributed by atoms with Crippen LogP contribution in [0.5, 0.6) is 5.75 Å². The van der Waals surface area contributed by atoms with Crippen LogP contribution in [0.2, 0.25) is 0 Å². The molecule has 0 radical (unpaired) electrons. The molecule has 0 aliphatic carbocycles. The first kappa shape index (κ1) is 13.2. The van der Waals surface area contributed by atoms with Gasteiger partial charge in [0.25, 0.3) is 11.8 Å². The van der Waals surface area contributed by atoms with Crippen molar-refractivity contribution in [2.24, 2.45) is 0 Å². The molecule has 2 aromatic carbocycles. The van der Waals surface area contributed by atoms with Crippen molar-refractivity contribution in [3.63, 3.8) is 0 Å². The molecule has 3 rings (SSSR count). The summed E-state index contributed by atoms with van der Waals surface area (Å²) in [6, 6.07) is 12.3. The first-order valence-corrected chi connectivity index (χ1v) is 6.66. The summed E-state index contributed by atoms with van der Waals surface area (Å²) < 4.78 is 0. The number of phenolic OH excluding ortho intramolecular Hbond substituents is 1. The molecule has 0 aromatic heterocycles. The Hall–Kier alpha value is -2.82. The van der Waals surface area contributed by atoms with Crippen LogP contribution in [0, 0.1) is 0 Å². The van der Waals surface area contributed by atoms with Crippen LogP contribution in [0.25, 0.3) is 0 Å². The number of imide groups is 1. The number of hydrogen-bond acceptors (Lipinski definition) is 4. The summed E-state index contributed by atoms with van der Waals surface area (Å²) in [5.41, 5.74) is 2.25. The molecule has 0 saturated carbocycles. The normalized spacial score (nSPS) is 13.0. The molecule has 0 saturated heterocycles. The lowest BCUT2D eigenvalue weighted by atomic mass is 10.1. The van der Waals surface area contributed by atoms with Crippen molar-refractivity contribution in [1.82, 2.24) is 5.32 Å². The van der Waals surface area contributed by atoms with E-state index in [1.54, 1.807) is 30.3 Å². The van der Waals surface area contributed by atoms with Crippen LogP contribution in [-0.4, -0.2) is 23.5 Å². The third-order valence-electron chi connectivity index (χ3n) is 3.46. The summed E-state index contributed by atoms with van der Waals surface area (Å²) in [6.45, 7) is 0.551. The van der Waals surface area contributed by atoms with E-state index in [0.29, 0.717) is 29.8 Å². The predicted octanol–water partition coefficient (Wildman–Crippen LogP) is 1.93. The van der Waals surface area contributed by atoms with Crippen LogP contribution in [0.3, 0.4) is 0 Å². The maximum absolute atomic E-state index is 11.8. The second-order valence-electron chi connectivity index (χ2n) is 4.82. The number of phenols is 1. The number of anilines is 1. The van der Waals surface area contributed by atoms with Gasteiger partial charge in [0.2, 0.25) is 0 Å². The number of aromatic hydroxyl groups is 1. The van der Waals surface area contributed by atoms with Gasteiger partial charge < -0.3 is 10.4 Å². The zero-order chi connectivity index (χ0) is 14.8. The topological polar surface area (TPSA) is 78.4 Å². The Kier molecular flexibility index (Phi) is 3.31. The van der Waals surface area contributed by atoms with Crippen molar-refractivity contribution in [1.29, 1.82) is 0 Å². The molecule has 3 N–H and O–H groups in total. The van der Waals surface area contributed by atoms with Gasteiger partial charge in [0, 0.05) is 12.2 Å². The van der Waals surface area contributed by atoms with E-state index in [2.05, 4.69) is 10.6 Å². The minimum absolute atomic E-state index is 0.255. The standard InChI is InChI=1S/C16H14N2O3/c19-13-7-2-1-4-10(13)8-9-17-12-6-3-5-11-14(12)16(21)18-15(11)20/h1-7,17,19H,8-9H2,(H,18,20,21). The van der Waals surface area contributed by atoms with Crippen LogP contribution < -0.4 is 10.6 Å². The van der Waals surface area contributed by atoms with Gasteiger partial charge in [0.05, 0.1) is 11.1 Å². The Morgan fingerprint density at radius 2 is 1.81 bits per heavy atom. The number of benzene rings is 2. The third-order valence-corrected chi connectivity index (χ3v) is 3.46. The first-order valence-electron chi connectivity index (χ1n) is 6.66. The SMILES string of the molecule is O=C1NC(=O)c2c(NCCc3ccccc3O)cccc21. The fourth-order valence-corrected chi connectivity index (χ4v) is 2.42. The van der Waals surface area contributed by atoms with Crippen molar-refractivity contribution >= 4 is 17.5 Å². The molecule has 0 spiro atoms. The van der Waals surface area contributed by atoms with E-state index in [0.717, 1.165) is 5.56 Å². The van der Waals surface area contributed by atoms with E-state index in [-0.39, 0.29) is 17.6 Å². The van der Waals surface area contributed by atoms with Crippen molar-refractivity contribution in [2.45, 2.75) is 6.42 Å². The molecule has 5 nitrogen and oxygen atoms in total. The number of amides is 2. The molecule has 2 aromatic rings. The lowest BCUT2D eigenvalue weighted by Gasteiger charge is -2.10. The van der Waals surface area contributed by atoms with Crippen molar-refractivity contribution < 1.29 is 14.7 Å². The molecule has 2 amide bonds. The van der Waals surface area contributed by atoms with E-state index in [1.165, 1.54) is 0 Å². The molecule has 1 aliphatic heterocycles. The van der Waals surface area contributed by atoms with Crippen LogP contribution in [0.4, 0.5) is 5.69 Å². The Morgan fingerprint density at radius 1 is 1.00 bits per heavy atom. The molecule has 5 heteroatoms. The van der Waals surface area contributed by atoms with E-state index >= 15 is 0 Å². The van der Waals surface area contributed by atoms with Gasteiger partial charge in [-0.05, 0) is 30.2 Å². The summed E-state index contributed by atoms with van der Waals surface area (Å²) in [5.74, 6) is -0.481. The Balaban J connectivity index is 1.74. The van der Waals surface area contributed by atoms with Gasteiger partial charge >= 0.3 is 0 Å². The second-order valence-corrected chi connectivity index (χ2v) is 4.82. The fraction of sp³-hybridized carbons (Fsp3) is 0.125. The van der Waals surface area contributed by atoms with Gasteiger partial charge in [-0.15, -0.1) is 0 Å². The van der Waals surface area contributed by atoms with Crippen LogP contribution >= 0.6 is 0 Å². The highest BCUT2D eigenvalue weighted by Gasteiger charge is 2.28. The molecule has 0 atom stereocenters. The van der Waals surface area contributed by atoms with Gasteiger partial charge in [-0.1, -0.05) is 24.3 Å². The van der Waals surface area contributed by atoms with Crippen molar-refractivity contribution in [3.8, 4) is 5.75 Å². The second kappa shape index (κ2) is 5.28. The lowest BCUT2D eigenvalue weighted by molar-refractivity contribution is 0.0880. The highest BCUT2D eigenvalue weighted by Crippen LogP contribution is 2.24. The summed E-state index contributed by atoms with van der Waals surface area (Å²) >= 11 is 0. The van der Waals surface area contributed by atoms with Crippen LogP contribution in [-0.2, 0) is 6.42 Å². The fourth-order valence-electron chi connectivity index (χ4n) is 2.42. The summed E-state index contributed by atoms with van der Waals surface area (Å²) in [5, 5.41) is 15.1. The molecule has 1 aliphatic rings. The number of carbonyl (C=O) groups is 2. The van der Waals surface area contributed by atoms with Gasteiger partial charge in [-0.3, -0.25) is 14.9 Å². The molecule has 1 heterocycles. The number of para-hydroxylation sites is 1. The summed E-state index contributed by atoms with van der Waals surface area (Å²) in [7, 11) is 0. The average Bonchev–Trinajstić information content (AvgIpc) is 2.77. The average molecular weight is 282 g/mol. The Labute approximate surface area is 121 Å². The lowest BCUT2D eigenvalue weighted by Crippen LogP contribution is -2.20. The molecule has 0 unspecified atom stereocenters. The van der Waals surface area contributed by atoms with E-state index in [9.17, 15) is 14.7 Å². The minimum Gasteiger partial charge on any atom is -0.508 e. The van der Waals surface area contributed by atoms with Gasteiger partial charge in [0.1, 0.15) is 5.75 Å². The monoisotopic (exact) mass is 282 g/mol. The number of hydrogen-bond donors (Lipinski definition) is 3. The molecule has 0 bridgehead atoms. The molecule has 0 fully saturated rings. The molecule has 106 valence electrons. The first-order chi connectivity index (χ1) is 10.2. The smallest absolute Gasteiger partial charge is 0.261 e. The van der Waals surface area contributed by atoms with Crippen molar-refractivity contribution in [3.05, 3.63) is 59.2 Å². The zero-order valence-corrected chi connectivity index (χ0v) is 11.2. The highest BCUT2D eigenvalue weighted by atomic mass is 16.3. The Morgan fingerprint density at radius 3 is 2.62 bits per heavy atom. The number of nitrogens with one attached hydrogen (secondary N) is 2. The van der Waals surface area contributed by atoms with E-state index < -0.39 is 0 Å². The Bertz CT molecular complexity index is 725. The number of carbonyl (C=O) groups excluding carboxylic acids is 2. The van der Waals surface area contributed by atoms with Gasteiger partial charge in [-0.2, -0.15) is 0 Å². The zero-order valence-electron chi connectivity index (χ0n) is 11.2. The predicted molar refractivity (Wildman–Crippen MR) is 78.5 cm³/mol. The van der Waals surface area contributed by atoms with Crippen LogP contribution in [0.15, 0.2) is 42.5 Å². The summed E-state index contributed by atoms with van der Waals surface area (Å²) in [6.07, 6.45) is 0.617. The van der Waals surface area contributed by atoms with Gasteiger partial charge in [-0.25, -0.2) is 0 Å². The quantitative estimate of drug-likeness (QED) is 0.749. The molecular formula is C16H14N2O3. The third kappa shape index (κ3) is 2.45. The molecular weight excluding hydrogens is 268 g/mol. The van der Waals surface area contributed by atoms with E-state index in [4.69, 9.17) is 0 Å². The maximum Gasteiger partial charge on any atom is 0.261 e. The summed E-state index contributed by atoms with van der Waals surface area (Å²) in [4.78, 5) is 23.3. The number of rotatable bonds is 4. The van der Waals surface area contributed by atoms with Crippen LogP contribution in [0.1, 0.15) is 26.3 Å². The van der Waals surface area contributed by atoms with E-state index in [1.807, 2.05) is 12.1 Å².